The molecule has 0 spiro atoms. The fourth-order valence-electron chi connectivity index (χ4n) is 1.92. The molecule has 1 aromatic carbocycles. The molecule has 21 heavy (non-hydrogen) atoms. The molecule has 2 rings (SSSR count). The lowest BCUT2D eigenvalue weighted by Crippen LogP contribution is -2.22. The molecule has 5 nitrogen and oxygen atoms in total. The van der Waals surface area contributed by atoms with Crippen molar-refractivity contribution < 1.29 is 4.74 Å². The summed E-state index contributed by atoms with van der Waals surface area (Å²) in [6.45, 7) is 1.89. The van der Waals surface area contributed by atoms with Crippen molar-refractivity contribution in [2.75, 3.05) is 20.3 Å². The molecule has 0 aliphatic carbocycles. The van der Waals surface area contributed by atoms with E-state index >= 15 is 0 Å². The minimum Gasteiger partial charge on any atom is -0.383 e. The van der Waals surface area contributed by atoms with Crippen molar-refractivity contribution in [3.8, 4) is 0 Å². The van der Waals surface area contributed by atoms with Gasteiger partial charge in [0.2, 0.25) is 0 Å². The molecular formula is C15H18ClN3O2. The maximum atomic E-state index is 11.7. The molecule has 1 aromatic heterocycles. The number of halogens is 1. The first-order valence-corrected chi connectivity index (χ1v) is 7.08. The zero-order valence-electron chi connectivity index (χ0n) is 11.9. The molecule has 0 amide bonds. The van der Waals surface area contributed by atoms with Crippen molar-refractivity contribution in [2.24, 2.45) is 0 Å². The van der Waals surface area contributed by atoms with E-state index in [4.69, 9.17) is 16.3 Å². The number of aromatic nitrogens is 2. The third kappa shape index (κ3) is 5.30. The maximum absolute atomic E-state index is 11.7. The van der Waals surface area contributed by atoms with Crippen molar-refractivity contribution in [3.63, 3.8) is 0 Å². The standard InChI is InChI=1S/C15H18ClN3O2/c1-21-7-6-17-10-13-9-15(20)19-14(18-13)8-11-2-4-12(16)5-3-11/h2-5,9,17H,6-8,10H2,1H3,(H,18,19,20). The van der Waals surface area contributed by atoms with Crippen LogP contribution < -0.4 is 10.9 Å². The number of nitrogens with zero attached hydrogens (tertiary/aromatic N) is 1. The second kappa shape index (κ2) is 7.93. The van der Waals surface area contributed by atoms with Gasteiger partial charge >= 0.3 is 0 Å². The van der Waals surface area contributed by atoms with Gasteiger partial charge in [0.25, 0.3) is 5.56 Å². The smallest absolute Gasteiger partial charge is 0.251 e. The van der Waals surface area contributed by atoms with Crippen LogP contribution in [0.1, 0.15) is 17.1 Å². The van der Waals surface area contributed by atoms with Gasteiger partial charge in [-0.3, -0.25) is 4.79 Å². The largest absolute Gasteiger partial charge is 0.383 e. The van der Waals surface area contributed by atoms with Crippen LogP contribution in [0, 0.1) is 0 Å². The topological polar surface area (TPSA) is 67.0 Å². The minimum absolute atomic E-state index is 0.141. The molecule has 1 heterocycles. The first-order chi connectivity index (χ1) is 10.2. The fraction of sp³-hybridized carbons (Fsp3) is 0.333. The molecule has 0 saturated carbocycles. The van der Waals surface area contributed by atoms with E-state index in [-0.39, 0.29) is 5.56 Å². The van der Waals surface area contributed by atoms with Gasteiger partial charge in [-0.15, -0.1) is 0 Å². The third-order valence-electron chi connectivity index (χ3n) is 2.92. The summed E-state index contributed by atoms with van der Waals surface area (Å²) in [6.07, 6.45) is 0.568. The molecule has 6 heteroatoms. The highest BCUT2D eigenvalue weighted by Crippen LogP contribution is 2.11. The highest BCUT2D eigenvalue weighted by Gasteiger charge is 2.03. The van der Waals surface area contributed by atoms with Gasteiger partial charge in [0, 0.05) is 37.7 Å². The molecule has 0 unspecified atom stereocenters. The van der Waals surface area contributed by atoms with Crippen LogP contribution in [-0.4, -0.2) is 30.2 Å². The van der Waals surface area contributed by atoms with E-state index in [0.29, 0.717) is 30.4 Å². The average Bonchev–Trinajstić information content (AvgIpc) is 2.46. The molecule has 0 aliphatic heterocycles. The Bertz CT molecular complexity index is 626. The number of H-pyrrole nitrogens is 1. The number of benzene rings is 1. The molecule has 112 valence electrons. The van der Waals surface area contributed by atoms with Gasteiger partial charge in [0.05, 0.1) is 12.3 Å². The highest BCUT2D eigenvalue weighted by atomic mass is 35.5. The number of ether oxygens (including phenoxy) is 1. The molecule has 2 N–H and O–H groups in total. The van der Waals surface area contributed by atoms with E-state index in [1.807, 2.05) is 24.3 Å². The zero-order valence-corrected chi connectivity index (χ0v) is 12.6. The summed E-state index contributed by atoms with van der Waals surface area (Å²) in [7, 11) is 1.65. The lowest BCUT2D eigenvalue weighted by atomic mass is 10.1. The van der Waals surface area contributed by atoms with Crippen LogP contribution in [0.25, 0.3) is 0 Å². The van der Waals surface area contributed by atoms with Gasteiger partial charge in [-0.25, -0.2) is 4.98 Å². The Morgan fingerprint density at radius 1 is 1.33 bits per heavy atom. The normalized spacial score (nSPS) is 10.8. The Kier molecular flexibility index (Phi) is 5.92. The molecule has 0 bridgehead atoms. The Balaban J connectivity index is 2.04. The Morgan fingerprint density at radius 2 is 2.10 bits per heavy atom. The van der Waals surface area contributed by atoms with Crippen LogP contribution in [0.4, 0.5) is 0 Å². The van der Waals surface area contributed by atoms with Crippen LogP contribution in [0.3, 0.4) is 0 Å². The first kappa shape index (κ1) is 15.7. The Morgan fingerprint density at radius 3 is 2.81 bits per heavy atom. The Hall–Kier alpha value is -1.69. The Labute approximate surface area is 128 Å². The monoisotopic (exact) mass is 307 g/mol. The van der Waals surface area contributed by atoms with Crippen molar-refractivity contribution in [3.05, 3.63) is 62.8 Å². The zero-order chi connectivity index (χ0) is 15.1. The van der Waals surface area contributed by atoms with Crippen molar-refractivity contribution in [2.45, 2.75) is 13.0 Å². The SMILES string of the molecule is COCCNCc1cc(=O)[nH]c(Cc2ccc(Cl)cc2)n1. The number of hydrogen-bond donors (Lipinski definition) is 2. The summed E-state index contributed by atoms with van der Waals surface area (Å²) in [5.74, 6) is 0.647. The molecule has 2 aromatic rings. The first-order valence-electron chi connectivity index (χ1n) is 6.70. The number of hydrogen-bond acceptors (Lipinski definition) is 4. The van der Waals surface area contributed by atoms with E-state index in [9.17, 15) is 4.79 Å². The van der Waals surface area contributed by atoms with E-state index in [0.717, 1.165) is 17.8 Å². The predicted octanol–water partition coefficient (Wildman–Crippen LogP) is 1.75. The number of nitrogens with one attached hydrogen (secondary N) is 2. The third-order valence-corrected chi connectivity index (χ3v) is 3.17. The second-order valence-electron chi connectivity index (χ2n) is 4.66. The quantitative estimate of drug-likeness (QED) is 0.765. The van der Waals surface area contributed by atoms with Gasteiger partial charge in [-0.05, 0) is 17.7 Å². The van der Waals surface area contributed by atoms with E-state index in [1.165, 1.54) is 6.07 Å². The van der Waals surface area contributed by atoms with Crippen LogP contribution in [0.5, 0.6) is 0 Å². The molecule has 0 saturated heterocycles. The minimum atomic E-state index is -0.141. The summed E-state index contributed by atoms with van der Waals surface area (Å²) in [4.78, 5) is 18.9. The summed E-state index contributed by atoms with van der Waals surface area (Å²) >= 11 is 5.86. The van der Waals surface area contributed by atoms with E-state index < -0.39 is 0 Å². The number of methoxy groups -OCH3 is 1. The molecule has 0 atom stereocenters. The van der Waals surface area contributed by atoms with E-state index in [2.05, 4.69) is 15.3 Å². The maximum Gasteiger partial charge on any atom is 0.251 e. The van der Waals surface area contributed by atoms with Crippen LogP contribution >= 0.6 is 11.6 Å². The summed E-state index contributed by atoms with van der Waals surface area (Å²) in [6, 6.07) is 9.00. The van der Waals surface area contributed by atoms with E-state index in [1.54, 1.807) is 7.11 Å². The van der Waals surface area contributed by atoms with Gasteiger partial charge in [-0.2, -0.15) is 0 Å². The molecule has 0 fully saturated rings. The number of rotatable bonds is 7. The lowest BCUT2D eigenvalue weighted by Gasteiger charge is -2.06. The fourth-order valence-corrected chi connectivity index (χ4v) is 2.05. The molecule has 0 aliphatic rings. The van der Waals surface area contributed by atoms with Crippen LogP contribution in [0.2, 0.25) is 5.02 Å². The molecule has 0 radical (unpaired) electrons. The van der Waals surface area contributed by atoms with Crippen LogP contribution in [-0.2, 0) is 17.7 Å². The predicted molar refractivity (Wildman–Crippen MR) is 82.7 cm³/mol. The van der Waals surface area contributed by atoms with Crippen LogP contribution in [0.15, 0.2) is 35.1 Å². The van der Waals surface area contributed by atoms with Gasteiger partial charge in [0.1, 0.15) is 5.82 Å². The van der Waals surface area contributed by atoms with Crippen molar-refractivity contribution in [1.29, 1.82) is 0 Å². The van der Waals surface area contributed by atoms with Gasteiger partial charge in [0.15, 0.2) is 0 Å². The summed E-state index contributed by atoms with van der Waals surface area (Å²) in [5, 5.41) is 3.86. The number of aromatic amines is 1. The van der Waals surface area contributed by atoms with Gasteiger partial charge < -0.3 is 15.0 Å². The van der Waals surface area contributed by atoms with Crippen molar-refractivity contribution in [1.82, 2.24) is 15.3 Å². The molecular weight excluding hydrogens is 290 g/mol. The average molecular weight is 308 g/mol. The van der Waals surface area contributed by atoms with Gasteiger partial charge in [-0.1, -0.05) is 23.7 Å². The lowest BCUT2D eigenvalue weighted by molar-refractivity contribution is 0.199. The highest BCUT2D eigenvalue weighted by molar-refractivity contribution is 6.30. The summed E-state index contributed by atoms with van der Waals surface area (Å²) in [5.41, 5.74) is 1.63. The summed E-state index contributed by atoms with van der Waals surface area (Å²) < 4.78 is 4.95. The van der Waals surface area contributed by atoms with Crippen molar-refractivity contribution >= 4 is 11.6 Å². The second-order valence-corrected chi connectivity index (χ2v) is 5.09.